The second-order valence-corrected chi connectivity index (χ2v) is 5.07. The van der Waals surface area contributed by atoms with Crippen LogP contribution < -0.4 is 10.6 Å². The smallest absolute Gasteiger partial charge is 0.0659 e. The van der Waals surface area contributed by atoms with Gasteiger partial charge in [-0.25, -0.2) is 0 Å². The summed E-state index contributed by atoms with van der Waals surface area (Å²) in [5, 5.41) is 11.2. The lowest BCUT2D eigenvalue weighted by atomic mass is 10.2. The van der Waals surface area contributed by atoms with Crippen molar-refractivity contribution >= 4 is 5.69 Å². The quantitative estimate of drug-likeness (QED) is 0.861. The number of nitrogens with one attached hydrogen (secondary N) is 2. The molecule has 0 spiro atoms. The Balaban J connectivity index is 1.53. The van der Waals surface area contributed by atoms with Gasteiger partial charge in [-0.05, 0) is 43.1 Å². The topological polar surface area (TPSA) is 41.9 Å². The lowest BCUT2D eigenvalue weighted by Gasteiger charge is -2.13. The minimum Gasteiger partial charge on any atom is -0.383 e. The Labute approximate surface area is 113 Å². The van der Waals surface area contributed by atoms with E-state index in [0.717, 1.165) is 19.6 Å². The third-order valence-corrected chi connectivity index (χ3v) is 3.57. The molecule has 4 heteroatoms. The molecule has 0 aliphatic carbocycles. The molecule has 2 heterocycles. The molecule has 3 rings (SSSR count). The zero-order chi connectivity index (χ0) is 12.9. The minimum absolute atomic E-state index is 0.628. The van der Waals surface area contributed by atoms with E-state index in [2.05, 4.69) is 40.0 Å². The highest BCUT2D eigenvalue weighted by atomic mass is 15.3. The summed E-state index contributed by atoms with van der Waals surface area (Å²) >= 11 is 0. The first-order chi connectivity index (χ1) is 9.40. The monoisotopic (exact) mass is 256 g/mol. The van der Waals surface area contributed by atoms with Crippen LogP contribution in [0.2, 0.25) is 0 Å². The maximum atomic E-state index is 4.22. The molecule has 1 aliphatic heterocycles. The van der Waals surface area contributed by atoms with Crippen LogP contribution in [0.15, 0.2) is 42.7 Å². The molecule has 1 saturated heterocycles. The molecule has 1 unspecified atom stereocenters. The first kappa shape index (κ1) is 12.2. The van der Waals surface area contributed by atoms with Crippen LogP contribution in [-0.4, -0.2) is 28.9 Å². The Bertz CT molecular complexity index is 483. The minimum atomic E-state index is 0.628. The summed E-state index contributed by atoms with van der Waals surface area (Å²) in [6, 6.07) is 11.2. The summed E-state index contributed by atoms with van der Waals surface area (Å²) in [6.07, 6.45) is 6.38. The SMILES string of the molecule is c1cnn(Cc2ccc(NCC3CCCN3)cc2)c1. The zero-order valence-corrected chi connectivity index (χ0v) is 11.0. The summed E-state index contributed by atoms with van der Waals surface area (Å²) in [7, 11) is 0. The highest BCUT2D eigenvalue weighted by Gasteiger charge is 2.12. The van der Waals surface area contributed by atoms with Gasteiger partial charge >= 0.3 is 0 Å². The van der Waals surface area contributed by atoms with Gasteiger partial charge in [0.25, 0.3) is 0 Å². The Morgan fingerprint density at radius 3 is 2.89 bits per heavy atom. The molecule has 2 N–H and O–H groups in total. The van der Waals surface area contributed by atoms with E-state index in [0.29, 0.717) is 6.04 Å². The van der Waals surface area contributed by atoms with Gasteiger partial charge in [0.15, 0.2) is 0 Å². The summed E-state index contributed by atoms with van der Waals surface area (Å²) in [5.74, 6) is 0. The van der Waals surface area contributed by atoms with E-state index < -0.39 is 0 Å². The number of benzene rings is 1. The lowest BCUT2D eigenvalue weighted by molar-refractivity contribution is 0.633. The van der Waals surface area contributed by atoms with Gasteiger partial charge in [-0.1, -0.05) is 12.1 Å². The highest BCUT2D eigenvalue weighted by Crippen LogP contribution is 2.12. The van der Waals surface area contributed by atoms with Gasteiger partial charge in [0, 0.05) is 30.7 Å². The van der Waals surface area contributed by atoms with Gasteiger partial charge < -0.3 is 10.6 Å². The number of anilines is 1. The fourth-order valence-electron chi connectivity index (χ4n) is 2.48. The van der Waals surface area contributed by atoms with Gasteiger partial charge in [-0.2, -0.15) is 5.10 Å². The van der Waals surface area contributed by atoms with Crippen LogP contribution in [0.5, 0.6) is 0 Å². The number of hydrogen-bond donors (Lipinski definition) is 2. The summed E-state index contributed by atoms with van der Waals surface area (Å²) in [4.78, 5) is 0. The van der Waals surface area contributed by atoms with Crippen molar-refractivity contribution in [3.05, 3.63) is 48.3 Å². The van der Waals surface area contributed by atoms with Crippen LogP contribution in [0.4, 0.5) is 5.69 Å². The molecule has 2 aromatic rings. The molecule has 4 nitrogen and oxygen atoms in total. The molecule has 1 aromatic carbocycles. The van der Waals surface area contributed by atoms with Crippen LogP contribution in [0, 0.1) is 0 Å². The molecule has 0 amide bonds. The van der Waals surface area contributed by atoms with Gasteiger partial charge in [-0.15, -0.1) is 0 Å². The van der Waals surface area contributed by atoms with Crippen LogP contribution in [0.3, 0.4) is 0 Å². The Hall–Kier alpha value is -1.81. The van der Waals surface area contributed by atoms with Gasteiger partial charge in [-0.3, -0.25) is 4.68 Å². The van der Waals surface area contributed by atoms with E-state index in [1.165, 1.54) is 24.1 Å². The first-order valence-electron chi connectivity index (χ1n) is 6.94. The van der Waals surface area contributed by atoms with Crippen LogP contribution in [-0.2, 0) is 6.54 Å². The summed E-state index contributed by atoms with van der Waals surface area (Å²) < 4.78 is 1.94. The third kappa shape index (κ3) is 3.35. The van der Waals surface area contributed by atoms with E-state index in [4.69, 9.17) is 0 Å². The average molecular weight is 256 g/mol. The molecule has 19 heavy (non-hydrogen) atoms. The van der Waals surface area contributed by atoms with Crippen LogP contribution in [0.25, 0.3) is 0 Å². The molecule has 0 bridgehead atoms. The van der Waals surface area contributed by atoms with Crippen LogP contribution in [0.1, 0.15) is 18.4 Å². The van der Waals surface area contributed by atoms with E-state index in [1.807, 2.05) is 23.1 Å². The third-order valence-electron chi connectivity index (χ3n) is 3.57. The molecular weight excluding hydrogens is 236 g/mol. The second kappa shape index (κ2) is 5.89. The number of aromatic nitrogens is 2. The van der Waals surface area contributed by atoms with Crippen molar-refractivity contribution in [2.24, 2.45) is 0 Å². The Kier molecular flexibility index (Phi) is 3.79. The van der Waals surface area contributed by atoms with E-state index in [9.17, 15) is 0 Å². The molecule has 1 aromatic heterocycles. The molecular formula is C15H20N4. The zero-order valence-electron chi connectivity index (χ0n) is 11.0. The second-order valence-electron chi connectivity index (χ2n) is 5.07. The molecule has 100 valence electrons. The maximum Gasteiger partial charge on any atom is 0.0659 e. The fraction of sp³-hybridized carbons (Fsp3) is 0.400. The van der Waals surface area contributed by atoms with E-state index in [-0.39, 0.29) is 0 Å². The molecule has 0 saturated carbocycles. The fourth-order valence-corrected chi connectivity index (χ4v) is 2.48. The summed E-state index contributed by atoms with van der Waals surface area (Å²) in [6.45, 7) is 3.01. The number of rotatable bonds is 5. The van der Waals surface area contributed by atoms with Gasteiger partial charge in [0.05, 0.1) is 6.54 Å². The van der Waals surface area contributed by atoms with Crippen molar-refractivity contribution < 1.29 is 0 Å². The Morgan fingerprint density at radius 1 is 1.32 bits per heavy atom. The largest absolute Gasteiger partial charge is 0.383 e. The van der Waals surface area contributed by atoms with Crippen molar-refractivity contribution in [3.63, 3.8) is 0 Å². The average Bonchev–Trinajstić information content (AvgIpc) is 3.11. The van der Waals surface area contributed by atoms with Crippen molar-refractivity contribution in [2.45, 2.75) is 25.4 Å². The Morgan fingerprint density at radius 2 is 2.21 bits per heavy atom. The van der Waals surface area contributed by atoms with E-state index >= 15 is 0 Å². The lowest BCUT2D eigenvalue weighted by Crippen LogP contribution is -2.29. The van der Waals surface area contributed by atoms with Crippen molar-refractivity contribution in [1.29, 1.82) is 0 Å². The molecule has 1 fully saturated rings. The normalized spacial score (nSPS) is 18.6. The number of nitrogens with zero attached hydrogens (tertiary/aromatic N) is 2. The molecule has 1 atom stereocenters. The predicted octanol–water partition coefficient (Wildman–Crippen LogP) is 2.10. The van der Waals surface area contributed by atoms with Crippen LogP contribution >= 0.6 is 0 Å². The molecule has 1 aliphatic rings. The van der Waals surface area contributed by atoms with Gasteiger partial charge in [0.2, 0.25) is 0 Å². The highest BCUT2D eigenvalue weighted by molar-refractivity contribution is 5.44. The first-order valence-corrected chi connectivity index (χ1v) is 6.94. The standard InChI is InChI=1S/C15H20N4/c1-3-15(16-8-1)11-17-14-6-4-13(5-7-14)12-19-10-2-9-18-19/h2,4-7,9-10,15-17H,1,3,8,11-12H2. The predicted molar refractivity (Wildman–Crippen MR) is 77.3 cm³/mol. The van der Waals surface area contributed by atoms with Crippen molar-refractivity contribution in [3.8, 4) is 0 Å². The maximum absolute atomic E-state index is 4.22. The number of hydrogen-bond acceptors (Lipinski definition) is 3. The van der Waals surface area contributed by atoms with Crippen molar-refractivity contribution in [1.82, 2.24) is 15.1 Å². The van der Waals surface area contributed by atoms with Gasteiger partial charge in [0.1, 0.15) is 0 Å². The molecule has 0 radical (unpaired) electrons. The van der Waals surface area contributed by atoms with E-state index in [1.54, 1.807) is 0 Å². The summed E-state index contributed by atoms with van der Waals surface area (Å²) in [5.41, 5.74) is 2.46. The van der Waals surface area contributed by atoms with Crippen molar-refractivity contribution in [2.75, 3.05) is 18.4 Å².